The zero-order valence-corrected chi connectivity index (χ0v) is 6.51. The monoisotopic (exact) mass is 167 g/mol. The first-order chi connectivity index (χ1) is 8.14. The molecule has 0 unspecified atom stereocenters. The summed E-state index contributed by atoms with van der Waals surface area (Å²) in [5.74, 6) is -1.46. The Morgan fingerprint density at radius 1 is 1.64 bits per heavy atom. The van der Waals surface area contributed by atoms with E-state index in [4.69, 9.17) is 16.1 Å². The van der Waals surface area contributed by atoms with Crippen LogP contribution in [0.5, 0.6) is 0 Å². The molecule has 0 bridgehead atoms. The Labute approximate surface area is 79.2 Å². The van der Waals surface area contributed by atoms with Crippen molar-refractivity contribution in [1.82, 2.24) is 4.90 Å². The van der Waals surface area contributed by atoms with Crippen molar-refractivity contribution in [3.8, 4) is 0 Å². The molecule has 11 heavy (non-hydrogen) atoms. The van der Waals surface area contributed by atoms with Gasteiger partial charge in [0.2, 0.25) is 5.91 Å². The van der Waals surface area contributed by atoms with Gasteiger partial charge in [-0.05, 0) is 6.37 Å². The molecule has 0 atom stereocenters. The van der Waals surface area contributed by atoms with E-state index in [1.165, 1.54) is 0 Å². The van der Waals surface area contributed by atoms with Crippen molar-refractivity contribution in [1.29, 1.82) is 0 Å². The summed E-state index contributed by atoms with van der Waals surface area (Å²) < 4.78 is 59.5. The average Bonchev–Trinajstić information content (AvgIpc) is 2.24. The fourth-order valence-corrected chi connectivity index (χ4v) is 0.307. The lowest BCUT2D eigenvalue weighted by atomic mass is 10.2. The summed E-state index contributed by atoms with van der Waals surface area (Å²) in [6.07, 6.45) is -12.7. The van der Waals surface area contributed by atoms with Crippen molar-refractivity contribution in [2.24, 2.45) is 0 Å². The first-order valence-electron chi connectivity index (χ1n) is 7.01. The summed E-state index contributed by atoms with van der Waals surface area (Å²) in [6.45, 7) is -0.0996. The summed E-state index contributed by atoms with van der Waals surface area (Å²) in [7, 11) is 1.02. The number of amides is 1. The minimum absolute atomic E-state index is 0.485. The number of nitrogens with zero attached hydrogens (tertiary/aromatic N) is 1. The number of carbonyl (C=O) groups excluding carboxylic acids is 1. The van der Waals surface area contributed by atoms with Gasteiger partial charge in [-0.2, -0.15) is 0 Å². The number of carbonyl (C=O) groups is 1. The van der Waals surface area contributed by atoms with Crippen LogP contribution in [0.2, 0.25) is 0 Å². The van der Waals surface area contributed by atoms with Crippen molar-refractivity contribution >= 4 is 5.91 Å². The molecule has 66 valence electrons. The van der Waals surface area contributed by atoms with Gasteiger partial charge in [-0.1, -0.05) is 19.7 Å². The molecule has 0 aliphatic rings. The zero-order chi connectivity index (χ0) is 15.9. The molecule has 0 heterocycles. The second kappa shape index (κ2) is 6.16. The highest BCUT2D eigenvalue weighted by Gasteiger charge is 2.04. The molecule has 3 nitrogen and oxygen atoms in total. The van der Waals surface area contributed by atoms with E-state index in [1.54, 1.807) is 0 Å². The summed E-state index contributed by atoms with van der Waals surface area (Å²) >= 11 is 0. The van der Waals surface area contributed by atoms with Crippen molar-refractivity contribution in [2.75, 3.05) is 13.8 Å². The Bertz CT molecular complexity index is 351. The van der Waals surface area contributed by atoms with Crippen LogP contribution in [0.3, 0.4) is 0 Å². The quantitative estimate of drug-likeness (QED) is 0.620. The normalized spacial score (nSPS) is 25.7. The average molecular weight is 167 g/mol. The van der Waals surface area contributed by atoms with Gasteiger partial charge in [-0.25, -0.2) is 0 Å². The van der Waals surface area contributed by atoms with Crippen LogP contribution in [0.1, 0.15) is 43.4 Å². The van der Waals surface area contributed by atoms with Gasteiger partial charge in [0.25, 0.3) is 0 Å². The van der Waals surface area contributed by atoms with Crippen LogP contribution in [0.4, 0.5) is 0 Å². The molecule has 0 saturated carbocycles. The van der Waals surface area contributed by atoms with E-state index in [1.807, 2.05) is 0 Å². The first kappa shape index (κ1) is 3.05. The second-order valence-corrected chi connectivity index (χ2v) is 1.77. The maximum Gasteiger partial charge on any atom is 0.224 e. The maximum absolute atomic E-state index is 11.7. The Morgan fingerprint density at radius 2 is 2.27 bits per heavy atom. The predicted octanol–water partition coefficient (Wildman–Crippen LogP) is 0.975. The lowest BCUT2D eigenvalue weighted by Crippen LogP contribution is -2.26. The van der Waals surface area contributed by atoms with Gasteiger partial charge < -0.3 is 10.0 Å². The first-order valence-corrected chi connectivity index (χ1v) is 3.01. The lowest BCUT2D eigenvalue weighted by molar-refractivity contribution is -0.133. The third-order valence-corrected chi connectivity index (χ3v) is 0.916. The van der Waals surface area contributed by atoms with Crippen LogP contribution in [0.25, 0.3) is 0 Å². The molecular formula is C8H17NO2. The largest absolute Gasteiger partial charge is 0.376 e. The number of hydrogen-bond acceptors (Lipinski definition) is 2. The Hall–Kier alpha value is -0.570. The number of rotatable bonds is 5. The van der Waals surface area contributed by atoms with E-state index in [0.717, 1.165) is 14.0 Å². The maximum atomic E-state index is 11.7. The highest BCUT2D eigenvalue weighted by molar-refractivity contribution is 5.75. The van der Waals surface area contributed by atoms with Gasteiger partial charge in [0.15, 0.2) is 0 Å². The summed E-state index contributed by atoms with van der Waals surface area (Å²) in [5.41, 5.74) is 0. The molecule has 1 amide bonds. The van der Waals surface area contributed by atoms with Crippen molar-refractivity contribution in [3.05, 3.63) is 0 Å². The zero-order valence-electron chi connectivity index (χ0n) is 14.5. The van der Waals surface area contributed by atoms with Crippen molar-refractivity contribution in [3.63, 3.8) is 0 Å². The highest BCUT2D eigenvalue weighted by atomic mass is 16.3. The van der Waals surface area contributed by atoms with Crippen molar-refractivity contribution in [2.45, 2.75) is 32.4 Å². The standard InChI is InChI=1S/C8H17NO2/c1-3-4-5-6-8(11)9(2)7-10/h10H,3-7H2,1-2H3/i3D2,4D2,5D2,6D2. The van der Waals surface area contributed by atoms with Crippen LogP contribution < -0.4 is 0 Å². The van der Waals surface area contributed by atoms with Crippen LogP contribution in [-0.4, -0.2) is 29.7 Å². The molecular weight excluding hydrogens is 142 g/mol. The van der Waals surface area contributed by atoms with Crippen LogP contribution in [0.15, 0.2) is 0 Å². The molecule has 0 aromatic carbocycles. The molecule has 0 aliphatic heterocycles. The molecule has 0 aliphatic carbocycles. The van der Waals surface area contributed by atoms with E-state index in [0.29, 0.717) is 4.90 Å². The lowest BCUT2D eigenvalue weighted by Gasteiger charge is -2.12. The Balaban J connectivity index is 5.71. The van der Waals surface area contributed by atoms with E-state index in [2.05, 4.69) is 0 Å². The topological polar surface area (TPSA) is 40.5 Å². The number of aliphatic hydroxyl groups is 1. The number of hydrogen-bond donors (Lipinski definition) is 1. The van der Waals surface area contributed by atoms with E-state index < -0.39 is 38.1 Å². The second-order valence-electron chi connectivity index (χ2n) is 1.77. The predicted molar refractivity (Wildman–Crippen MR) is 44.0 cm³/mol. The molecule has 0 aromatic rings. The van der Waals surface area contributed by atoms with Gasteiger partial charge in [0.05, 0.1) is 0 Å². The highest BCUT2D eigenvalue weighted by Crippen LogP contribution is 2.00. The third-order valence-electron chi connectivity index (χ3n) is 0.916. The summed E-state index contributed by atoms with van der Waals surface area (Å²) in [4.78, 5) is 12.2. The minimum atomic E-state index is -3.43. The van der Waals surface area contributed by atoms with Gasteiger partial charge in [-0.3, -0.25) is 4.79 Å². The Kier molecular flexibility index (Phi) is 1.71. The van der Waals surface area contributed by atoms with E-state index >= 15 is 0 Å². The molecule has 0 radical (unpaired) electrons. The van der Waals surface area contributed by atoms with Crippen LogP contribution in [0, 0.1) is 0 Å². The fourth-order valence-electron chi connectivity index (χ4n) is 0.307. The SMILES string of the molecule is [2H]C([2H])(C)C([2H])([2H])C([2H])([2H])C([2H])([2H])C(=O)N(C)CO. The third kappa shape index (κ3) is 4.79. The van der Waals surface area contributed by atoms with Gasteiger partial charge in [0, 0.05) is 24.4 Å². The summed E-state index contributed by atoms with van der Waals surface area (Å²) in [6, 6.07) is 0. The molecule has 1 N–H and O–H groups in total. The molecule has 0 saturated heterocycles. The van der Waals surface area contributed by atoms with Crippen LogP contribution >= 0.6 is 0 Å². The fraction of sp³-hybridized carbons (Fsp3) is 0.875. The molecule has 0 spiro atoms. The van der Waals surface area contributed by atoms with Crippen LogP contribution in [-0.2, 0) is 4.79 Å². The van der Waals surface area contributed by atoms with Crippen molar-refractivity contribution < 1.29 is 20.9 Å². The number of aliphatic hydroxyl groups excluding tert-OH is 1. The van der Waals surface area contributed by atoms with E-state index in [-0.39, 0.29) is 0 Å². The molecule has 3 heteroatoms. The molecule has 0 aromatic heterocycles. The van der Waals surface area contributed by atoms with Gasteiger partial charge in [-0.15, -0.1) is 0 Å². The minimum Gasteiger partial charge on any atom is -0.376 e. The van der Waals surface area contributed by atoms with Gasteiger partial charge in [0.1, 0.15) is 6.73 Å². The summed E-state index contributed by atoms with van der Waals surface area (Å²) in [5, 5.41) is 8.75. The molecule has 0 fully saturated rings. The van der Waals surface area contributed by atoms with E-state index in [9.17, 15) is 4.79 Å². The molecule has 0 rings (SSSR count). The van der Waals surface area contributed by atoms with Gasteiger partial charge >= 0.3 is 0 Å². The smallest absolute Gasteiger partial charge is 0.224 e. The Morgan fingerprint density at radius 3 is 2.73 bits per heavy atom.